The van der Waals surface area contributed by atoms with E-state index in [9.17, 15) is 19.2 Å². The van der Waals surface area contributed by atoms with Crippen LogP contribution in [0.4, 0.5) is 0 Å². The minimum absolute atomic E-state index is 0.0223. The molecule has 0 saturated heterocycles. The molecule has 0 saturated carbocycles. The van der Waals surface area contributed by atoms with Crippen molar-refractivity contribution in [1.82, 2.24) is 51.0 Å². The number of nitrogens with one attached hydrogen (secondary N) is 6. The van der Waals surface area contributed by atoms with E-state index in [1.165, 1.54) is 0 Å². The van der Waals surface area contributed by atoms with Gasteiger partial charge >= 0.3 is 0 Å². The molecular weight excluding hydrogens is 901 g/mol. The molecule has 5 heterocycles. The predicted octanol–water partition coefficient (Wildman–Crippen LogP) is 8.68. The van der Waals surface area contributed by atoms with Gasteiger partial charge in [-0.05, 0) is 83.0 Å². The van der Waals surface area contributed by atoms with Crippen LogP contribution in [0.5, 0.6) is 0 Å². The summed E-state index contributed by atoms with van der Waals surface area (Å²) < 4.78 is 0. The number of hydrogen-bond donors (Lipinski definition) is 6. The molecule has 8 bridgehead atoms. The van der Waals surface area contributed by atoms with Gasteiger partial charge in [0, 0.05) is 122 Å². The normalized spacial score (nSPS) is 12.2. The van der Waals surface area contributed by atoms with E-state index in [-0.39, 0.29) is 47.3 Å². The van der Waals surface area contributed by atoms with E-state index in [4.69, 9.17) is 9.97 Å². The number of H-pyrrole nitrogens is 2. The van der Waals surface area contributed by atoms with Crippen molar-refractivity contribution in [2.45, 2.75) is 68.5 Å². The summed E-state index contributed by atoms with van der Waals surface area (Å²) in [6, 6.07) is 29.6. The maximum absolute atomic E-state index is 12.3. The van der Waals surface area contributed by atoms with Crippen LogP contribution in [0.2, 0.25) is 0 Å². The summed E-state index contributed by atoms with van der Waals surface area (Å²) in [6.45, 7) is 21.1. The highest BCUT2D eigenvalue weighted by atomic mass is 16.2. The summed E-state index contributed by atoms with van der Waals surface area (Å²) in [5.41, 5.74) is 13.2. The fraction of sp³-hybridized carbons (Fsp3) is 0.379. The van der Waals surface area contributed by atoms with Gasteiger partial charge in [0.05, 0.1) is 22.8 Å². The average molecular weight is 973 g/mol. The molecule has 72 heavy (non-hydrogen) atoms. The first-order valence-corrected chi connectivity index (χ1v) is 25.4. The van der Waals surface area contributed by atoms with Crippen LogP contribution < -0.4 is 21.3 Å². The van der Waals surface area contributed by atoms with E-state index in [1.807, 2.05) is 79.7 Å². The van der Waals surface area contributed by atoms with E-state index >= 15 is 0 Å². The first-order chi connectivity index (χ1) is 34.6. The van der Waals surface area contributed by atoms with Gasteiger partial charge in [-0.3, -0.25) is 29.0 Å². The molecule has 4 amide bonds. The van der Waals surface area contributed by atoms with E-state index in [2.05, 4.69) is 126 Å². The molecule has 3 aromatic heterocycles. The number of amides is 4. The molecule has 6 N–H and O–H groups in total. The number of fused-ring (bicyclic) bond motifs is 8. The SMILES string of the molecule is CC(C)C(=O)NCCN(CCNC(=O)C(C)C)Cc1ccc(-c2c3nc(cc4ccc([nH]4)c(-c4ccc(CN(CCNC(=O)C(C)C)CCNC(=O)C(C)C)cc4)c4ccc(cc5nc2C=C5)[nH]4)C=C3)cc1. The van der Waals surface area contributed by atoms with Crippen molar-refractivity contribution < 1.29 is 19.2 Å². The maximum Gasteiger partial charge on any atom is 0.222 e. The highest BCUT2D eigenvalue weighted by molar-refractivity contribution is 5.94. The summed E-state index contributed by atoms with van der Waals surface area (Å²) in [5, 5.41) is 12.1. The lowest BCUT2D eigenvalue weighted by Gasteiger charge is -2.23. The van der Waals surface area contributed by atoms with Gasteiger partial charge in [0.15, 0.2) is 0 Å². The van der Waals surface area contributed by atoms with Crippen molar-refractivity contribution in [1.29, 1.82) is 0 Å². The molecule has 14 nitrogen and oxygen atoms in total. The van der Waals surface area contributed by atoms with Crippen molar-refractivity contribution in [2.24, 2.45) is 23.7 Å². The Hall–Kier alpha value is -7.16. The maximum atomic E-state index is 12.3. The summed E-state index contributed by atoms with van der Waals surface area (Å²) >= 11 is 0. The summed E-state index contributed by atoms with van der Waals surface area (Å²) in [4.78, 5) is 71.5. The lowest BCUT2D eigenvalue weighted by Crippen LogP contribution is -2.40. The molecular formula is C58H72N10O4. The van der Waals surface area contributed by atoms with Gasteiger partial charge in [-0.15, -0.1) is 0 Å². The van der Waals surface area contributed by atoms with E-state index in [1.54, 1.807) is 0 Å². The molecule has 0 atom stereocenters. The summed E-state index contributed by atoms with van der Waals surface area (Å²) in [6.07, 6.45) is 8.17. The zero-order chi connectivity index (χ0) is 51.3. The van der Waals surface area contributed by atoms with E-state index in [0.717, 1.165) is 78.2 Å². The number of aromatic amines is 2. The molecule has 0 unspecified atom stereocenters. The fourth-order valence-electron chi connectivity index (χ4n) is 8.46. The van der Waals surface area contributed by atoms with Crippen molar-refractivity contribution in [3.8, 4) is 22.3 Å². The van der Waals surface area contributed by atoms with Crippen LogP contribution in [0, 0.1) is 23.7 Å². The van der Waals surface area contributed by atoms with Crippen LogP contribution in [-0.4, -0.2) is 106 Å². The number of hydrogen-bond acceptors (Lipinski definition) is 8. The van der Waals surface area contributed by atoms with Gasteiger partial charge < -0.3 is 31.2 Å². The van der Waals surface area contributed by atoms with Crippen LogP contribution >= 0.6 is 0 Å². The molecule has 378 valence electrons. The molecule has 5 aromatic rings. The number of carbonyl (C=O) groups is 4. The third kappa shape index (κ3) is 14.5. The topological polar surface area (TPSA) is 180 Å². The Kier molecular flexibility index (Phi) is 18.1. The van der Waals surface area contributed by atoms with Crippen LogP contribution in [-0.2, 0) is 32.3 Å². The molecule has 2 aliphatic rings. The van der Waals surface area contributed by atoms with Gasteiger partial charge in [-0.2, -0.15) is 0 Å². The lowest BCUT2D eigenvalue weighted by molar-refractivity contribution is -0.125. The Morgan fingerprint density at radius 3 is 1.11 bits per heavy atom. The molecule has 2 aromatic carbocycles. The molecule has 14 heteroatoms. The van der Waals surface area contributed by atoms with Crippen molar-refractivity contribution in [3.05, 3.63) is 119 Å². The second kappa shape index (κ2) is 24.8. The molecule has 0 fully saturated rings. The first-order valence-electron chi connectivity index (χ1n) is 25.4. The Morgan fingerprint density at radius 1 is 0.444 bits per heavy atom. The lowest BCUT2D eigenvalue weighted by atomic mass is 10.0. The molecule has 0 aliphatic carbocycles. The minimum Gasteiger partial charge on any atom is -0.355 e. The zero-order valence-electron chi connectivity index (χ0n) is 43.2. The van der Waals surface area contributed by atoms with Gasteiger partial charge in [-0.1, -0.05) is 104 Å². The third-order valence-corrected chi connectivity index (χ3v) is 12.7. The van der Waals surface area contributed by atoms with Crippen LogP contribution in [0.25, 0.3) is 68.6 Å². The van der Waals surface area contributed by atoms with Crippen molar-refractivity contribution in [3.63, 3.8) is 0 Å². The monoisotopic (exact) mass is 973 g/mol. The largest absolute Gasteiger partial charge is 0.355 e. The number of nitrogens with zero attached hydrogens (tertiary/aromatic N) is 4. The van der Waals surface area contributed by atoms with Gasteiger partial charge in [0.25, 0.3) is 0 Å². The second-order valence-corrected chi connectivity index (χ2v) is 19.9. The van der Waals surface area contributed by atoms with E-state index in [0.29, 0.717) is 65.4 Å². The van der Waals surface area contributed by atoms with E-state index < -0.39 is 0 Å². The number of rotatable bonds is 22. The number of carbonyl (C=O) groups excluding carboxylic acids is 4. The fourth-order valence-corrected chi connectivity index (χ4v) is 8.46. The predicted molar refractivity (Wildman–Crippen MR) is 292 cm³/mol. The zero-order valence-corrected chi connectivity index (χ0v) is 43.2. The standard InChI is InChI=1S/C58H72N10O4/c1-37(2)55(69)59-25-29-67(30-26-60-56(70)38(3)4)35-41-9-13-43(14-10-41)53-49-21-17-45(63-49)33-47-19-23-51(65-47)54(52-24-20-48(66-52)34-46-18-22-50(53)64-46)44-15-11-42(12-16-44)36-68(31-27-61-57(71)39(5)6)32-28-62-58(72)40(7)8/h9-24,33-34,37-40,63-64H,25-32,35-36H2,1-8H3,(H,59,69)(H,60,70)(H,61,71)(H,62,72). The first kappa shape index (κ1) is 52.7. The Balaban J connectivity index is 1.17. The summed E-state index contributed by atoms with van der Waals surface area (Å²) in [7, 11) is 0. The van der Waals surface area contributed by atoms with Gasteiger partial charge in [-0.25, -0.2) is 9.97 Å². The van der Waals surface area contributed by atoms with Gasteiger partial charge in [0.1, 0.15) is 0 Å². The quantitative estimate of drug-likeness (QED) is 0.0391. The smallest absolute Gasteiger partial charge is 0.222 e. The number of aromatic nitrogens is 4. The van der Waals surface area contributed by atoms with Crippen molar-refractivity contribution in [2.75, 3.05) is 52.4 Å². The van der Waals surface area contributed by atoms with Crippen molar-refractivity contribution >= 4 is 70.0 Å². The Morgan fingerprint density at radius 2 is 0.778 bits per heavy atom. The highest BCUT2D eigenvalue weighted by Crippen LogP contribution is 2.33. The second-order valence-electron chi connectivity index (χ2n) is 19.9. The number of benzene rings is 2. The van der Waals surface area contributed by atoms with Gasteiger partial charge in [0.2, 0.25) is 23.6 Å². The molecule has 0 spiro atoms. The summed E-state index contributed by atoms with van der Waals surface area (Å²) in [5.74, 6) is -0.262. The minimum atomic E-state index is -0.0900. The third-order valence-electron chi connectivity index (χ3n) is 12.7. The highest BCUT2D eigenvalue weighted by Gasteiger charge is 2.18. The van der Waals surface area contributed by atoms with Crippen LogP contribution in [0.1, 0.15) is 89.3 Å². The molecule has 2 aliphatic heterocycles. The van der Waals surface area contributed by atoms with Crippen LogP contribution in [0.15, 0.2) is 84.9 Å². The average Bonchev–Trinajstić information content (AvgIpc) is 4.20. The molecule has 7 rings (SSSR count). The molecule has 0 radical (unpaired) electrons. The van der Waals surface area contributed by atoms with Crippen LogP contribution in [0.3, 0.4) is 0 Å². The Labute approximate surface area is 424 Å². The Bertz CT molecular complexity index is 2780.